The number of fused-ring (bicyclic) bond motifs is 1. The monoisotopic (exact) mass is 419 g/mol. The van der Waals surface area contributed by atoms with Gasteiger partial charge >= 0.3 is 6.04 Å². The molecule has 1 spiro atoms. The van der Waals surface area contributed by atoms with E-state index in [1.54, 1.807) is 6.20 Å². The molecule has 8 nitrogen and oxygen atoms in total. The molecule has 4 heterocycles. The number of aliphatic hydroxyl groups is 1. The molecule has 31 heavy (non-hydrogen) atoms. The topological polar surface area (TPSA) is 91.5 Å². The van der Waals surface area contributed by atoms with Gasteiger partial charge in [0, 0.05) is 24.0 Å². The second-order valence-electron chi connectivity index (χ2n) is 8.72. The highest BCUT2D eigenvalue weighted by Crippen LogP contribution is 2.44. The van der Waals surface area contributed by atoms with E-state index in [1.165, 1.54) is 0 Å². The van der Waals surface area contributed by atoms with Crippen LogP contribution in [0.5, 0.6) is 0 Å². The molecule has 0 unspecified atom stereocenters. The first-order chi connectivity index (χ1) is 15.0. The van der Waals surface area contributed by atoms with Crippen LogP contribution in [0.25, 0.3) is 27.0 Å². The third-order valence-corrected chi connectivity index (χ3v) is 6.91. The fourth-order valence-corrected chi connectivity index (χ4v) is 5.11. The number of ether oxygens (including phenoxy) is 1. The lowest BCUT2D eigenvalue weighted by atomic mass is 9.73. The minimum absolute atomic E-state index is 0.00799. The average Bonchev–Trinajstić information content (AvgIpc) is 3.38. The van der Waals surface area contributed by atoms with E-state index in [0.29, 0.717) is 12.3 Å². The summed E-state index contributed by atoms with van der Waals surface area (Å²) < 4.78 is 5.88. The van der Waals surface area contributed by atoms with Gasteiger partial charge in [-0.3, -0.25) is 5.10 Å². The number of nitrogens with zero attached hydrogens (tertiary/aromatic N) is 5. The average molecular weight is 420 g/mol. The number of nitrogens with one attached hydrogen (secondary N) is 1. The van der Waals surface area contributed by atoms with Gasteiger partial charge in [0.2, 0.25) is 0 Å². The maximum atomic E-state index is 10.1. The van der Waals surface area contributed by atoms with Crippen LogP contribution >= 0.6 is 0 Å². The van der Waals surface area contributed by atoms with E-state index in [-0.39, 0.29) is 24.2 Å². The summed E-state index contributed by atoms with van der Waals surface area (Å²) in [6.45, 7) is 11.9. The predicted octanol–water partition coefficient (Wildman–Crippen LogP) is 3.16. The molecule has 2 aliphatic rings. The molecule has 8 heteroatoms. The summed E-state index contributed by atoms with van der Waals surface area (Å²) >= 11 is 0. The van der Waals surface area contributed by atoms with Crippen molar-refractivity contribution in [2.75, 3.05) is 24.6 Å². The molecule has 0 saturated carbocycles. The lowest BCUT2D eigenvalue weighted by molar-refractivity contribution is 0.0975. The van der Waals surface area contributed by atoms with Crippen molar-refractivity contribution < 1.29 is 9.84 Å². The van der Waals surface area contributed by atoms with Gasteiger partial charge in [-0.15, -0.1) is 0 Å². The molecule has 5 rings (SSSR count). The van der Waals surface area contributed by atoms with E-state index in [2.05, 4.69) is 19.9 Å². The highest BCUT2D eigenvalue weighted by Gasteiger charge is 2.56. The van der Waals surface area contributed by atoms with Crippen molar-refractivity contribution in [3.63, 3.8) is 0 Å². The Balaban J connectivity index is 1.43. The summed E-state index contributed by atoms with van der Waals surface area (Å²) in [6, 6.07) is 6.07. The van der Waals surface area contributed by atoms with Gasteiger partial charge < -0.3 is 14.7 Å². The third kappa shape index (κ3) is 3.25. The number of aromatic nitrogens is 4. The normalized spacial score (nSPS) is 22.8. The van der Waals surface area contributed by atoms with Crippen molar-refractivity contribution >= 4 is 16.7 Å². The van der Waals surface area contributed by atoms with Crippen molar-refractivity contribution in [1.82, 2.24) is 20.2 Å². The van der Waals surface area contributed by atoms with Crippen LogP contribution in [0.4, 0.5) is 5.82 Å². The molecule has 0 radical (unpaired) electrons. The highest BCUT2D eigenvalue weighted by atomic mass is 16.5. The van der Waals surface area contributed by atoms with E-state index in [4.69, 9.17) is 21.3 Å². The molecular formula is C23H27N6O2+. The summed E-state index contributed by atoms with van der Waals surface area (Å²) in [7, 11) is 0. The predicted molar refractivity (Wildman–Crippen MR) is 119 cm³/mol. The summed E-state index contributed by atoms with van der Waals surface area (Å²) in [5.41, 5.74) is 4.09. The van der Waals surface area contributed by atoms with Gasteiger partial charge in [0.15, 0.2) is 5.82 Å². The highest BCUT2D eigenvalue weighted by molar-refractivity contribution is 5.83. The number of H-pyrrole nitrogens is 1. The van der Waals surface area contributed by atoms with E-state index < -0.39 is 0 Å². The summed E-state index contributed by atoms with van der Waals surface area (Å²) in [5, 5.41) is 18.2. The molecule has 3 aromatic rings. The van der Waals surface area contributed by atoms with Crippen LogP contribution in [0.15, 0.2) is 24.4 Å². The van der Waals surface area contributed by atoms with E-state index in [9.17, 15) is 5.11 Å². The lowest BCUT2D eigenvalue weighted by Gasteiger charge is -2.38. The van der Waals surface area contributed by atoms with E-state index in [1.807, 2.05) is 32.0 Å². The molecule has 2 saturated heterocycles. The van der Waals surface area contributed by atoms with Crippen LogP contribution in [0, 0.1) is 18.9 Å². The molecule has 0 aliphatic carbocycles. The molecule has 0 amide bonds. The zero-order valence-corrected chi connectivity index (χ0v) is 17.9. The van der Waals surface area contributed by atoms with Gasteiger partial charge in [-0.1, -0.05) is 17.0 Å². The summed E-state index contributed by atoms with van der Waals surface area (Å²) in [4.78, 5) is 16.0. The largest absolute Gasteiger partial charge is 0.390 e. The smallest absolute Gasteiger partial charge is 0.305 e. The maximum absolute atomic E-state index is 10.1. The van der Waals surface area contributed by atoms with Gasteiger partial charge in [0.05, 0.1) is 41.7 Å². The van der Waals surface area contributed by atoms with Crippen molar-refractivity contribution in [2.45, 2.75) is 45.4 Å². The molecule has 0 bridgehead atoms. The fourth-order valence-electron chi connectivity index (χ4n) is 5.11. The number of aryl methyl sites for hydroxylation is 1. The van der Waals surface area contributed by atoms with Crippen LogP contribution < -0.4 is 4.90 Å². The molecule has 2 N–H and O–H groups in total. The Hall–Kier alpha value is -3.02. The Bertz CT molecular complexity index is 1160. The Labute approximate surface area is 181 Å². The van der Waals surface area contributed by atoms with Crippen LogP contribution in [0.3, 0.4) is 0 Å². The molecular weight excluding hydrogens is 392 g/mol. The standard InChI is InChI=1S/C23H27N6O2/c1-14-20(16-4-5-17-11-25-28-18(17)10-16)27-19(12-30)22(26-14)29-8-6-23(7-9-29)13-31-15(2)21(23)24-3/h3-5,10-11,15,21,30H,6-9,12-13H2,1-2H3,(H,25,28)/q+1/t15-,21+/m0/s1. The minimum Gasteiger partial charge on any atom is -0.390 e. The van der Waals surface area contributed by atoms with E-state index in [0.717, 1.165) is 59.6 Å². The molecule has 2 atom stereocenters. The van der Waals surface area contributed by atoms with Crippen LogP contribution in [-0.2, 0) is 11.3 Å². The van der Waals surface area contributed by atoms with Crippen LogP contribution in [-0.4, -0.2) is 57.1 Å². The molecule has 2 fully saturated rings. The van der Waals surface area contributed by atoms with Crippen LogP contribution in [0.2, 0.25) is 0 Å². The SMILES string of the molecule is C#[N+][C@@H]1[C@H](C)OCC12CCN(c1nc(C)c(-c3ccc4cn[nH]c4c3)nc1CO)CC2. The number of hydrogen-bond donors (Lipinski definition) is 2. The Morgan fingerprint density at radius 1 is 1.32 bits per heavy atom. The summed E-state index contributed by atoms with van der Waals surface area (Å²) in [6.07, 6.45) is 3.69. The second-order valence-corrected chi connectivity index (χ2v) is 8.72. The summed E-state index contributed by atoms with van der Waals surface area (Å²) in [5.74, 6) is 0.759. The number of aliphatic hydroxyl groups excluding tert-OH is 1. The van der Waals surface area contributed by atoms with Gasteiger partial charge in [0.25, 0.3) is 6.57 Å². The first-order valence-corrected chi connectivity index (χ1v) is 10.7. The van der Waals surface area contributed by atoms with Crippen LogP contribution in [0.1, 0.15) is 31.2 Å². The van der Waals surface area contributed by atoms with Gasteiger partial charge in [-0.25, -0.2) is 9.97 Å². The molecule has 1 aromatic carbocycles. The lowest BCUT2D eigenvalue weighted by Crippen LogP contribution is -2.46. The number of aromatic amines is 1. The van der Waals surface area contributed by atoms with Gasteiger partial charge in [-0.2, -0.15) is 5.10 Å². The second kappa shape index (κ2) is 7.59. The quantitative estimate of drug-likeness (QED) is 0.678. The molecule has 160 valence electrons. The maximum Gasteiger partial charge on any atom is 0.305 e. The number of hydrogen-bond acceptors (Lipinski definition) is 6. The number of rotatable bonds is 3. The van der Waals surface area contributed by atoms with Crippen molar-refractivity contribution in [1.29, 1.82) is 0 Å². The number of benzene rings is 1. The number of piperidine rings is 1. The zero-order valence-electron chi connectivity index (χ0n) is 17.9. The number of anilines is 1. The third-order valence-electron chi connectivity index (χ3n) is 6.91. The Morgan fingerprint density at radius 3 is 2.87 bits per heavy atom. The van der Waals surface area contributed by atoms with E-state index >= 15 is 0 Å². The first-order valence-electron chi connectivity index (χ1n) is 10.7. The Kier molecular flexibility index (Phi) is 4.88. The fraction of sp³-hybridized carbons (Fsp3) is 0.478. The minimum atomic E-state index is -0.162. The zero-order chi connectivity index (χ0) is 21.6. The first kappa shape index (κ1) is 19.9. The van der Waals surface area contributed by atoms with Gasteiger partial charge in [0.1, 0.15) is 11.8 Å². The molecule has 2 aliphatic heterocycles. The Morgan fingerprint density at radius 2 is 2.13 bits per heavy atom. The van der Waals surface area contributed by atoms with Crippen molar-refractivity contribution in [3.05, 3.63) is 40.6 Å². The molecule has 2 aromatic heterocycles. The van der Waals surface area contributed by atoms with Gasteiger partial charge in [-0.05, 0) is 32.8 Å². The van der Waals surface area contributed by atoms with Crippen molar-refractivity contribution in [2.24, 2.45) is 5.41 Å². The van der Waals surface area contributed by atoms with Crippen molar-refractivity contribution in [3.8, 4) is 17.8 Å².